The highest BCUT2D eigenvalue weighted by Crippen LogP contribution is 2.40. The molecule has 44 heavy (non-hydrogen) atoms. The van der Waals surface area contributed by atoms with E-state index in [1.165, 1.54) is 22.7 Å². The number of carbonyl (C=O) groups excluding carboxylic acids is 3. The molecule has 2 atom stereocenters. The number of carboxylic acids is 1. The van der Waals surface area contributed by atoms with Gasteiger partial charge in [-0.2, -0.15) is 10.4 Å². The Balaban J connectivity index is 1.29. The molecule has 5 heterocycles. The van der Waals surface area contributed by atoms with Crippen LogP contribution in [0.1, 0.15) is 29.5 Å². The average Bonchev–Trinajstić information content (AvgIpc) is 3.68. The van der Waals surface area contributed by atoms with Crippen LogP contribution in [0.15, 0.2) is 52.4 Å². The Kier molecular flexibility index (Phi) is 8.87. The first kappa shape index (κ1) is 30.2. The molecule has 16 nitrogen and oxygen atoms in total. The minimum Gasteiger partial charge on any atom is -0.477 e. The zero-order chi connectivity index (χ0) is 31.4. The second-order valence-corrected chi connectivity index (χ2v) is 11.4. The van der Waals surface area contributed by atoms with E-state index in [2.05, 4.69) is 25.7 Å². The molecule has 5 rings (SSSR count). The van der Waals surface area contributed by atoms with Crippen LogP contribution in [0.2, 0.25) is 0 Å². The molecule has 0 aliphatic carbocycles. The van der Waals surface area contributed by atoms with Crippen molar-refractivity contribution in [3.8, 4) is 17.5 Å². The molecule has 0 bridgehead atoms. The molecule has 0 aromatic carbocycles. The van der Waals surface area contributed by atoms with Gasteiger partial charge in [0, 0.05) is 34.4 Å². The second-order valence-electron chi connectivity index (χ2n) is 9.45. The summed E-state index contributed by atoms with van der Waals surface area (Å²) in [7, 11) is 0. The van der Waals surface area contributed by atoms with Crippen molar-refractivity contribution in [3.05, 3.63) is 58.6 Å². The summed E-state index contributed by atoms with van der Waals surface area (Å²) in [5.74, 6) is -2.82. The van der Waals surface area contributed by atoms with E-state index in [-0.39, 0.29) is 41.1 Å². The van der Waals surface area contributed by atoms with Crippen LogP contribution in [0.4, 0.5) is 5.13 Å². The molecule has 6 N–H and O–H groups in total. The number of carbonyl (C=O) groups is 4. The standard InChI is InChI=1S/C26H24N10O6S2/c1-2-7-42-34-18(17-11-44-26(28)30-17)22(38)31-19-23(39)36-20(25(40)41)14(10-43-24(19)36)9-35-5-3-13(4-6-35)15-8-16(33-32-15)21(37)29-12-27/h3-6,8,11,19,24H,2,7,9-10H2,1H3,(H5,28,29,30,31,37,38,40,41)/p+1/b34-18-/t19-,24-/m1/s1. The zero-order valence-corrected chi connectivity index (χ0v) is 24.6. The van der Waals surface area contributed by atoms with Gasteiger partial charge in [-0.3, -0.25) is 29.7 Å². The van der Waals surface area contributed by atoms with Crippen LogP contribution >= 0.6 is 23.1 Å². The lowest BCUT2D eigenvalue weighted by Crippen LogP contribution is -2.71. The van der Waals surface area contributed by atoms with Gasteiger partial charge in [0.1, 0.15) is 35.1 Å². The quantitative estimate of drug-likeness (QED) is 0.0362. The number of thioether (sulfide) groups is 1. The number of oxime groups is 1. The van der Waals surface area contributed by atoms with E-state index in [0.717, 1.165) is 11.3 Å². The Hall–Kier alpha value is -5.28. The van der Waals surface area contributed by atoms with Crippen LogP contribution in [-0.2, 0) is 25.8 Å². The number of nitrogens with zero attached hydrogens (tertiary/aromatic N) is 6. The molecule has 1 saturated heterocycles. The highest BCUT2D eigenvalue weighted by atomic mass is 32.2. The summed E-state index contributed by atoms with van der Waals surface area (Å²) in [5, 5.41) is 35.1. The smallest absolute Gasteiger partial charge is 0.352 e. The molecule has 3 aromatic rings. The van der Waals surface area contributed by atoms with Crippen LogP contribution in [0, 0.1) is 11.5 Å². The molecule has 2 aliphatic heterocycles. The third-order valence-electron chi connectivity index (χ3n) is 6.52. The average molecular weight is 638 g/mol. The SMILES string of the molecule is CCCO/N=C(\C(=O)N[C@@H]1C(=O)N2C(C(=O)O)=C(C[n+]3ccc(-c4cc(C(=O)NC#N)[nH]n4)cc3)CS[C@H]12)c1csc(N)n1. The lowest BCUT2D eigenvalue weighted by atomic mass is 10.0. The number of anilines is 1. The predicted octanol–water partition coefficient (Wildman–Crippen LogP) is 0.183. The number of nitrogens with one attached hydrogen (secondary N) is 3. The summed E-state index contributed by atoms with van der Waals surface area (Å²) in [6, 6.07) is 4.00. The van der Waals surface area contributed by atoms with Crippen molar-refractivity contribution in [1.82, 2.24) is 30.7 Å². The number of hydrogen-bond acceptors (Lipinski definition) is 12. The molecule has 0 radical (unpaired) electrons. The van der Waals surface area contributed by atoms with Gasteiger partial charge in [0.05, 0.1) is 5.69 Å². The first-order valence-electron chi connectivity index (χ1n) is 13.1. The monoisotopic (exact) mass is 637 g/mol. The van der Waals surface area contributed by atoms with E-state index in [4.69, 9.17) is 15.8 Å². The van der Waals surface area contributed by atoms with Crippen molar-refractivity contribution < 1.29 is 33.7 Å². The number of β-lactam (4-membered cyclic amide) rings is 1. The number of fused-ring (bicyclic) bond motifs is 1. The van der Waals surface area contributed by atoms with Crippen LogP contribution in [0.3, 0.4) is 0 Å². The number of pyridine rings is 1. The number of carboxylic acid groups (broad SMARTS) is 1. The molecule has 2 aliphatic rings. The Morgan fingerprint density at radius 1 is 1.36 bits per heavy atom. The molecule has 3 amide bonds. The van der Waals surface area contributed by atoms with Gasteiger partial charge in [-0.1, -0.05) is 12.1 Å². The van der Waals surface area contributed by atoms with Gasteiger partial charge in [0.2, 0.25) is 0 Å². The van der Waals surface area contributed by atoms with Crippen molar-refractivity contribution >= 4 is 57.6 Å². The normalized spacial score (nSPS) is 17.8. The first-order chi connectivity index (χ1) is 21.2. The number of aliphatic carboxylic acids is 1. The first-order valence-corrected chi connectivity index (χ1v) is 15.0. The fourth-order valence-electron chi connectivity index (χ4n) is 4.47. The largest absolute Gasteiger partial charge is 0.477 e. The van der Waals surface area contributed by atoms with Crippen molar-refractivity contribution in [2.24, 2.45) is 5.16 Å². The van der Waals surface area contributed by atoms with Crippen molar-refractivity contribution in [3.63, 3.8) is 0 Å². The van der Waals surface area contributed by atoms with Crippen LogP contribution < -0.4 is 20.9 Å². The number of nitrogen functional groups attached to an aromatic ring is 1. The molecule has 0 spiro atoms. The summed E-state index contributed by atoms with van der Waals surface area (Å²) in [4.78, 5) is 60.9. The molecule has 1 fully saturated rings. The zero-order valence-electron chi connectivity index (χ0n) is 23.0. The van der Waals surface area contributed by atoms with Crippen molar-refractivity contribution in [2.45, 2.75) is 31.3 Å². The fraction of sp³-hybridized carbons (Fsp3) is 0.269. The number of nitrogens with two attached hydrogens (primary N) is 1. The Bertz CT molecular complexity index is 1720. The topological polar surface area (TPSA) is 233 Å². The van der Waals surface area contributed by atoms with Gasteiger partial charge in [-0.25, -0.2) is 14.3 Å². The van der Waals surface area contributed by atoms with Gasteiger partial charge >= 0.3 is 5.97 Å². The van der Waals surface area contributed by atoms with E-state index < -0.39 is 35.1 Å². The minimum atomic E-state index is -1.26. The van der Waals surface area contributed by atoms with Gasteiger partial charge in [-0.15, -0.1) is 23.1 Å². The summed E-state index contributed by atoms with van der Waals surface area (Å²) in [5.41, 5.74) is 7.44. The molecule has 18 heteroatoms. The maximum Gasteiger partial charge on any atom is 0.352 e. The van der Waals surface area contributed by atoms with Gasteiger partial charge in [0.25, 0.3) is 17.7 Å². The second kappa shape index (κ2) is 12.9. The highest BCUT2D eigenvalue weighted by Gasteiger charge is 2.54. The van der Waals surface area contributed by atoms with Gasteiger partial charge < -0.3 is 21.0 Å². The number of rotatable bonds is 11. The van der Waals surface area contributed by atoms with Crippen molar-refractivity contribution in [2.75, 3.05) is 18.1 Å². The number of amides is 3. The Morgan fingerprint density at radius 3 is 2.80 bits per heavy atom. The maximum absolute atomic E-state index is 13.2. The number of hydrogen-bond donors (Lipinski definition) is 5. The number of nitriles is 1. The number of aromatic nitrogens is 4. The molecule has 3 aromatic heterocycles. The molecule has 0 unspecified atom stereocenters. The molecule has 226 valence electrons. The van der Waals surface area contributed by atoms with Crippen LogP contribution in [-0.4, -0.2) is 78.4 Å². The van der Waals surface area contributed by atoms with E-state index >= 15 is 0 Å². The summed E-state index contributed by atoms with van der Waals surface area (Å²) >= 11 is 2.46. The van der Waals surface area contributed by atoms with E-state index in [0.29, 0.717) is 29.0 Å². The summed E-state index contributed by atoms with van der Waals surface area (Å²) in [6.45, 7) is 2.34. The lowest BCUT2D eigenvalue weighted by Gasteiger charge is -2.49. The number of H-pyrrole nitrogens is 1. The predicted molar refractivity (Wildman–Crippen MR) is 156 cm³/mol. The van der Waals surface area contributed by atoms with Gasteiger partial charge in [0.15, 0.2) is 36.0 Å². The third kappa shape index (κ3) is 6.09. The lowest BCUT2D eigenvalue weighted by molar-refractivity contribution is -0.689. The van der Waals surface area contributed by atoms with E-state index in [1.807, 2.05) is 12.2 Å². The van der Waals surface area contributed by atoms with Crippen molar-refractivity contribution in [1.29, 1.82) is 5.26 Å². The van der Waals surface area contributed by atoms with Gasteiger partial charge in [-0.05, 0) is 12.5 Å². The highest BCUT2D eigenvalue weighted by molar-refractivity contribution is 8.00. The molecular formula is C26H25N10O6S2+. The molecule has 0 saturated carbocycles. The number of thiazole rings is 1. The maximum atomic E-state index is 13.2. The van der Waals surface area contributed by atoms with E-state index in [1.54, 1.807) is 40.7 Å². The molecular weight excluding hydrogens is 612 g/mol. The van der Waals surface area contributed by atoms with Crippen LogP contribution in [0.5, 0.6) is 0 Å². The van der Waals surface area contributed by atoms with E-state index in [9.17, 15) is 24.3 Å². The Morgan fingerprint density at radius 2 is 2.14 bits per heavy atom. The number of aromatic amines is 1. The van der Waals surface area contributed by atoms with Crippen LogP contribution in [0.25, 0.3) is 11.3 Å². The Labute approximate surface area is 257 Å². The fourth-order valence-corrected chi connectivity index (χ4v) is 6.36. The third-order valence-corrected chi connectivity index (χ3v) is 8.53. The minimum absolute atomic E-state index is 0.123. The summed E-state index contributed by atoms with van der Waals surface area (Å²) < 4.78 is 1.75. The summed E-state index contributed by atoms with van der Waals surface area (Å²) in [6.07, 6.45) is 5.66.